The van der Waals surface area contributed by atoms with Crippen LogP contribution in [0.1, 0.15) is 12.5 Å². The number of nitrogens with zero attached hydrogens (tertiary/aromatic N) is 2. The molecule has 9 heteroatoms. The first-order chi connectivity index (χ1) is 14.4. The van der Waals surface area contributed by atoms with Crippen LogP contribution >= 0.6 is 11.8 Å². The van der Waals surface area contributed by atoms with Gasteiger partial charge in [-0.15, -0.1) is 0 Å². The molecule has 1 aliphatic heterocycles. The van der Waals surface area contributed by atoms with Crippen LogP contribution in [0.15, 0.2) is 65.3 Å². The van der Waals surface area contributed by atoms with E-state index in [0.29, 0.717) is 5.69 Å². The van der Waals surface area contributed by atoms with Crippen molar-refractivity contribution in [1.29, 1.82) is 0 Å². The van der Waals surface area contributed by atoms with Crippen molar-refractivity contribution < 1.29 is 18.8 Å². The van der Waals surface area contributed by atoms with Gasteiger partial charge in [0.1, 0.15) is 11.5 Å². The standard InChI is InChI=1S/C21H19FN4O3S/c1-13(18(27)25-20(29)23-2)30-21-24-17(12-14-6-4-3-5-7-14)19(28)26(21)16-10-8-15(22)9-11-16/h3-13H,1-2H3,(H2,23,25,27,29). The molecule has 0 bridgehead atoms. The summed E-state index contributed by atoms with van der Waals surface area (Å²) in [6.07, 6.45) is 1.64. The van der Waals surface area contributed by atoms with Gasteiger partial charge in [0, 0.05) is 7.05 Å². The fourth-order valence-corrected chi connectivity index (χ4v) is 3.51. The van der Waals surface area contributed by atoms with Gasteiger partial charge >= 0.3 is 6.03 Å². The molecule has 1 atom stereocenters. The van der Waals surface area contributed by atoms with Crippen LogP contribution in [0.3, 0.4) is 0 Å². The lowest BCUT2D eigenvalue weighted by Crippen LogP contribution is -2.42. The number of aliphatic imine (C=N–C) groups is 1. The van der Waals surface area contributed by atoms with Crippen LogP contribution < -0.4 is 15.5 Å². The number of amides is 4. The number of nitrogens with one attached hydrogen (secondary N) is 2. The minimum absolute atomic E-state index is 0.187. The van der Waals surface area contributed by atoms with Gasteiger partial charge in [0.15, 0.2) is 5.17 Å². The zero-order chi connectivity index (χ0) is 21.7. The second-order valence-corrected chi connectivity index (χ2v) is 7.59. The van der Waals surface area contributed by atoms with Crippen LogP contribution in [0.2, 0.25) is 0 Å². The molecule has 2 N–H and O–H groups in total. The summed E-state index contributed by atoms with van der Waals surface area (Å²) in [6, 6.07) is 14.0. The predicted molar refractivity (Wildman–Crippen MR) is 115 cm³/mol. The van der Waals surface area contributed by atoms with E-state index >= 15 is 0 Å². The van der Waals surface area contributed by atoms with Crippen molar-refractivity contribution in [2.24, 2.45) is 4.99 Å². The number of hydrogen-bond donors (Lipinski definition) is 2. The number of urea groups is 1. The van der Waals surface area contributed by atoms with Crippen LogP contribution in [-0.4, -0.2) is 35.3 Å². The molecule has 1 unspecified atom stereocenters. The number of anilines is 1. The number of carbonyl (C=O) groups is 3. The lowest BCUT2D eigenvalue weighted by molar-refractivity contribution is -0.119. The second-order valence-electron chi connectivity index (χ2n) is 6.28. The van der Waals surface area contributed by atoms with Gasteiger partial charge in [-0.3, -0.25) is 19.8 Å². The van der Waals surface area contributed by atoms with Crippen molar-refractivity contribution >= 4 is 46.5 Å². The maximum absolute atomic E-state index is 13.4. The van der Waals surface area contributed by atoms with E-state index in [1.807, 2.05) is 30.3 Å². The quantitative estimate of drug-likeness (QED) is 0.735. The molecule has 2 aromatic carbocycles. The summed E-state index contributed by atoms with van der Waals surface area (Å²) < 4.78 is 13.4. The fraction of sp³-hybridized carbons (Fsp3) is 0.143. The Labute approximate surface area is 177 Å². The average molecular weight is 426 g/mol. The minimum Gasteiger partial charge on any atom is -0.341 e. The maximum Gasteiger partial charge on any atom is 0.321 e. The number of rotatable bonds is 4. The third-order valence-corrected chi connectivity index (χ3v) is 5.18. The Bertz CT molecular complexity index is 1020. The Hall–Kier alpha value is -3.46. The SMILES string of the molecule is CNC(=O)NC(=O)C(C)SC1=NC(=Cc2ccccc2)C(=O)N1c1ccc(F)cc1. The van der Waals surface area contributed by atoms with E-state index in [0.717, 1.165) is 17.3 Å². The highest BCUT2D eigenvalue weighted by Gasteiger charge is 2.34. The van der Waals surface area contributed by atoms with Gasteiger partial charge < -0.3 is 5.32 Å². The van der Waals surface area contributed by atoms with Crippen LogP contribution in [0.4, 0.5) is 14.9 Å². The third-order valence-electron chi connectivity index (χ3n) is 4.13. The summed E-state index contributed by atoms with van der Waals surface area (Å²) in [5.41, 5.74) is 1.40. The van der Waals surface area contributed by atoms with Crippen molar-refractivity contribution in [3.63, 3.8) is 0 Å². The Morgan fingerprint density at radius 2 is 1.80 bits per heavy atom. The molecule has 3 rings (SSSR count). The lowest BCUT2D eigenvalue weighted by atomic mass is 10.2. The van der Waals surface area contributed by atoms with Crippen molar-refractivity contribution in [2.75, 3.05) is 11.9 Å². The van der Waals surface area contributed by atoms with Gasteiger partial charge in [-0.05, 0) is 42.8 Å². The average Bonchev–Trinajstić information content (AvgIpc) is 3.04. The molecule has 2 aromatic rings. The first-order valence-electron chi connectivity index (χ1n) is 9.03. The van der Waals surface area contributed by atoms with Gasteiger partial charge in [0.25, 0.3) is 5.91 Å². The molecule has 0 saturated carbocycles. The van der Waals surface area contributed by atoms with Gasteiger partial charge in [-0.2, -0.15) is 0 Å². The smallest absolute Gasteiger partial charge is 0.321 e. The van der Waals surface area contributed by atoms with E-state index in [2.05, 4.69) is 15.6 Å². The summed E-state index contributed by atoms with van der Waals surface area (Å²) in [5, 5.41) is 4.04. The molecular formula is C21H19FN4O3S. The number of amidine groups is 1. The topological polar surface area (TPSA) is 90.9 Å². The molecule has 0 saturated heterocycles. The van der Waals surface area contributed by atoms with Crippen molar-refractivity contribution in [1.82, 2.24) is 10.6 Å². The zero-order valence-corrected chi connectivity index (χ0v) is 17.1. The second kappa shape index (κ2) is 9.36. The number of thioether (sulfide) groups is 1. The van der Waals surface area contributed by atoms with Crippen LogP contribution in [0.25, 0.3) is 6.08 Å². The van der Waals surface area contributed by atoms with Crippen molar-refractivity contribution in [3.05, 3.63) is 71.7 Å². The molecule has 0 aromatic heterocycles. The van der Waals surface area contributed by atoms with Gasteiger partial charge in [0.2, 0.25) is 5.91 Å². The highest BCUT2D eigenvalue weighted by atomic mass is 32.2. The van der Waals surface area contributed by atoms with Crippen LogP contribution in [0, 0.1) is 5.82 Å². The van der Waals surface area contributed by atoms with E-state index in [9.17, 15) is 18.8 Å². The van der Waals surface area contributed by atoms with E-state index < -0.39 is 28.9 Å². The van der Waals surface area contributed by atoms with Crippen LogP contribution in [0.5, 0.6) is 0 Å². The Balaban J connectivity index is 1.92. The zero-order valence-electron chi connectivity index (χ0n) is 16.3. The first-order valence-corrected chi connectivity index (χ1v) is 9.91. The Morgan fingerprint density at radius 1 is 1.13 bits per heavy atom. The van der Waals surface area contributed by atoms with Gasteiger partial charge in [0.05, 0.1) is 10.9 Å². The van der Waals surface area contributed by atoms with E-state index in [-0.39, 0.29) is 10.9 Å². The number of carbonyl (C=O) groups excluding carboxylic acids is 3. The maximum atomic E-state index is 13.4. The summed E-state index contributed by atoms with van der Waals surface area (Å²) in [6.45, 7) is 1.59. The monoisotopic (exact) mass is 426 g/mol. The third kappa shape index (κ3) is 4.93. The molecule has 0 spiro atoms. The summed E-state index contributed by atoms with van der Waals surface area (Å²) >= 11 is 1.02. The Morgan fingerprint density at radius 3 is 2.43 bits per heavy atom. The molecule has 154 valence electrons. The molecule has 30 heavy (non-hydrogen) atoms. The van der Waals surface area contributed by atoms with E-state index in [1.54, 1.807) is 13.0 Å². The summed E-state index contributed by atoms with van der Waals surface area (Å²) in [4.78, 5) is 42.4. The largest absolute Gasteiger partial charge is 0.341 e. The molecule has 1 aliphatic rings. The molecular weight excluding hydrogens is 407 g/mol. The molecule has 0 fully saturated rings. The molecule has 0 radical (unpaired) electrons. The first kappa shape index (κ1) is 21.3. The highest BCUT2D eigenvalue weighted by Crippen LogP contribution is 2.31. The number of halogens is 1. The van der Waals surface area contributed by atoms with Gasteiger partial charge in [-0.25, -0.2) is 14.2 Å². The number of imide groups is 1. The lowest BCUT2D eigenvalue weighted by Gasteiger charge is -2.19. The van der Waals surface area contributed by atoms with Gasteiger partial charge in [-0.1, -0.05) is 42.1 Å². The van der Waals surface area contributed by atoms with Crippen molar-refractivity contribution in [3.8, 4) is 0 Å². The highest BCUT2D eigenvalue weighted by molar-refractivity contribution is 8.15. The van der Waals surface area contributed by atoms with Crippen molar-refractivity contribution in [2.45, 2.75) is 12.2 Å². The molecule has 4 amide bonds. The molecule has 1 heterocycles. The minimum atomic E-state index is -0.715. The van der Waals surface area contributed by atoms with Crippen LogP contribution in [-0.2, 0) is 9.59 Å². The normalized spacial score (nSPS) is 15.7. The summed E-state index contributed by atoms with van der Waals surface area (Å²) in [7, 11) is 1.40. The fourth-order valence-electron chi connectivity index (χ4n) is 2.59. The number of hydrogen-bond acceptors (Lipinski definition) is 5. The number of benzene rings is 2. The van der Waals surface area contributed by atoms with E-state index in [1.165, 1.54) is 36.2 Å². The van der Waals surface area contributed by atoms with E-state index in [4.69, 9.17) is 0 Å². The molecule has 0 aliphatic carbocycles. The molecule has 7 nitrogen and oxygen atoms in total. The summed E-state index contributed by atoms with van der Waals surface area (Å²) in [5.74, 6) is -1.36. The predicted octanol–water partition coefficient (Wildman–Crippen LogP) is 3.15. The Kier molecular flexibility index (Phi) is 6.63.